The lowest BCUT2D eigenvalue weighted by atomic mass is 9.95. The van der Waals surface area contributed by atoms with Gasteiger partial charge in [0.15, 0.2) is 0 Å². The zero-order chi connectivity index (χ0) is 51.5. The van der Waals surface area contributed by atoms with Gasteiger partial charge >= 0.3 is 30.3 Å². The molecule has 25 heteroatoms. The molecular weight excluding hydrogens is 1010 g/mol. The summed E-state index contributed by atoms with van der Waals surface area (Å²) in [5, 5.41) is 27.7. The Morgan fingerprint density at radius 1 is 0.625 bits per heavy atom. The first kappa shape index (κ1) is 47.6. The molecule has 72 heavy (non-hydrogen) atoms. The number of aromatic hydroxyl groups is 2. The predicted octanol–water partition coefficient (Wildman–Crippen LogP) is 10.2. The number of nitrogens with zero attached hydrogens (tertiary/aromatic N) is 2. The standard InChI is InChI=1S/C47H34Cl2F6N8O9/c1-71-43(68)35-33-31-19(13-48)15-62(27(31)11-29(64)37(33)60-39(35)46(50,51)52)41(66)25-9-17-7-21(3-5-23(17)58-25)56-45(70)57-22-4-6-24-18(8-22)10-26(59-24)42(67)63-16-20(14-49)32-28(63)12-30(65)38-34(32)36(44(69)72-2)40(61-38)47(53,54)55/h3-12,19-20,58-61,64-65H,13-16H2,1-2H3,(H2,56,57,70)/t19-,20-/m1/s1. The van der Waals surface area contributed by atoms with Crippen molar-refractivity contribution in [1.29, 1.82) is 0 Å². The molecule has 4 aromatic carbocycles. The van der Waals surface area contributed by atoms with Crippen LogP contribution >= 0.6 is 23.2 Å². The fraction of sp³-hybridized carbons (Fsp3) is 0.213. The van der Waals surface area contributed by atoms with E-state index in [1.807, 2.05) is 0 Å². The van der Waals surface area contributed by atoms with Crippen LogP contribution in [0.2, 0.25) is 0 Å². The van der Waals surface area contributed by atoms with Gasteiger partial charge in [-0.2, -0.15) is 26.3 Å². The van der Waals surface area contributed by atoms with Gasteiger partial charge in [-0.3, -0.25) is 9.59 Å². The first-order valence-electron chi connectivity index (χ1n) is 21.4. The molecule has 0 saturated carbocycles. The maximum atomic E-state index is 14.1. The number of carbonyl (C=O) groups is 5. The van der Waals surface area contributed by atoms with Gasteiger partial charge in [-0.25, -0.2) is 14.4 Å². The summed E-state index contributed by atoms with van der Waals surface area (Å²) in [6.07, 6.45) is -10.1. The summed E-state index contributed by atoms with van der Waals surface area (Å²) in [6, 6.07) is 14.0. The smallest absolute Gasteiger partial charge is 0.432 e. The molecule has 0 bridgehead atoms. The highest BCUT2D eigenvalue weighted by molar-refractivity contribution is 6.21. The minimum absolute atomic E-state index is 0.0366. The number of aromatic amines is 4. The third kappa shape index (κ3) is 7.61. The molecular formula is C47H34Cl2F6N8O9. The van der Waals surface area contributed by atoms with Gasteiger partial charge < -0.3 is 60.1 Å². The molecule has 8 aromatic rings. The second-order valence-corrected chi connectivity index (χ2v) is 17.6. The maximum absolute atomic E-state index is 14.1. The molecule has 372 valence electrons. The van der Waals surface area contributed by atoms with Crippen molar-refractivity contribution >= 4 is 119 Å². The second-order valence-electron chi connectivity index (χ2n) is 17.0. The molecule has 0 unspecified atom stereocenters. The molecule has 0 fully saturated rings. The van der Waals surface area contributed by atoms with E-state index < -0.39 is 88.0 Å². The van der Waals surface area contributed by atoms with Gasteiger partial charge in [-0.15, -0.1) is 23.2 Å². The van der Waals surface area contributed by atoms with Crippen molar-refractivity contribution < 1.29 is 70.0 Å². The molecule has 4 aromatic heterocycles. The largest absolute Gasteiger partial charge is 0.506 e. The summed E-state index contributed by atoms with van der Waals surface area (Å²) in [7, 11) is 1.83. The Hall–Kier alpha value is -8.05. The minimum Gasteiger partial charge on any atom is -0.506 e. The third-order valence-electron chi connectivity index (χ3n) is 12.8. The number of fused-ring (bicyclic) bond motifs is 8. The van der Waals surface area contributed by atoms with E-state index in [1.165, 1.54) is 21.9 Å². The predicted molar refractivity (Wildman–Crippen MR) is 252 cm³/mol. The summed E-state index contributed by atoms with van der Waals surface area (Å²) < 4.78 is 94.2. The van der Waals surface area contributed by atoms with Crippen molar-refractivity contribution in [3.63, 3.8) is 0 Å². The Kier molecular flexibility index (Phi) is 11.3. The van der Waals surface area contributed by atoms with Crippen LogP contribution in [-0.4, -0.2) is 99.0 Å². The van der Waals surface area contributed by atoms with Crippen molar-refractivity contribution in [2.75, 3.05) is 59.5 Å². The van der Waals surface area contributed by atoms with E-state index >= 15 is 0 Å². The number of alkyl halides is 8. The molecule has 6 heterocycles. The van der Waals surface area contributed by atoms with Crippen LogP contribution < -0.4 is 20.4 Å². The number of benzene rings is 4. The molecule has 0 radical (unpaired) electrons. The number of esters is 2. The molecule has 10 rings (SSSR count). The van der Waals surface area contributed by atoms with Gasteiger partial charge in [-0.05, 0) is 59.7 Å². The van der Waals surface area contributed by atoms with E-state index in [9.17, 15) is 60.5 Å². The number of halogens is 8. The number of methoxy groups -OCH3 is 2. The van der Waals surface area contributed by atoms with E-state index in [-0.39, 0.29) is 80.5 Å². The summed E-state index contributed by atoms with van der Waals surface area (Å²) in [5.74, 6) is -7.04. The number of H-pyrrole nitrogens is 4. The topological polar surface area (TPSA) is 238 Å². The van der Waals surface area contributed by atoms with Gasteiger partial charge in [0.2, 0.25) is 0 Å². The highest BCUT2D eigenvalue weighted by Gasteiger charge is 2.46. The quantitative estimate of drug-likeness (QED) is 0.0410. The Morgan fingerprint density at radius 2 is 1.01 bits per heavy atom. The molecule has 0 spiro atoms. The van der Waals surface area contributed by atoms with Crippen LogP contribution in [-0.2, 0) is 21.8 Å². The first-order chi connectivity index (χ1) is 34.1. The van der Waals surface area contributed by atoms with E-state index in [0.29, 0.717) is 33.2 Å². The summed E-state index contributed by atoms with van der Waals surface area (Å²) in [6.45, 7) is -0.221. The zero-order valence-corrected chi connectivity index (χ0v) is 38.4. The van der Waals surface area contributed by atoms with E-state index in [4.69, 9.17) is 23.2 Å². The van der Waals surface area contributed by atoms with Crippen molar-refractivity contribution in [3.05, 3.63) is 106 Å². The number of phenols is 2. The van der Waals surface area contributed by atoms with Crippen LogP contribution in [0.1, 0.15) is 76.0 Å². The number of phenolic OH excluding ortho intramolecular Hbond substituents is 2. The molecule has 2 aliphatic rings. The van der Waals surface area contributed by atoms with E-state index in [1.54, 1.807) is 36.4 Å². The molecule has 0 aliphatic carbocycles. The van der Waals surface area contributed by atoms with Crippen molar-refractivity contribution in [1.82, 2.24) is 19.9 Å². The Balaban J connectivity index is 0.871. The number of hydrogen-bond donors (Lipinski definition) is 8. The fourth-order valence-corrected chi connectivity index (χ4v) is 10.2. The lowest BCUT2D eigenvalue weighted by Crippen LogP contribution is -2.30. The lowest BCUT2D eigenvalue weighted by Gasteiger charge is -2.17. The Bertz CT molecular complexity index is 3420. The van der Waals surface area contributed by atoms with Crippen LogP contribution in [0, 0.1) is 0 Å². The van der Waals surface area contributed by atoms with Crippen LogP contribution in [0.15, 0.2) is 60.7 Å². The highest BCUT2D eigenvalue weighted by Crippen LogP contribution is 2.51. The monoisotopic (exact) mass is 1040 g/mol. The zero-order valence-electron chi connectivity index (χ0n) is 36.9. The summed E-state index contributed by atoms with van der Waals surface area (Å²) in [4.78, 5) is 79.8. The number of ether oxygens (including phenoxy) is 2. The number of anilines is 4. The lowest BCUT2D eigenvalue weighted by molar-refractivity contribution is -0.141. The molecule has 4 amide bonds. The number of amides is 4. The molecule has 0 saturated heterocycles. The van der Waals surface area contributed by atoms with Crippen molar-refractivity contribution in [3.8, 4) is 11.5 Å². The Labute approximate surface area is 408 Å². The van der Waals surface area contributed by atoms with E-state index in [2.05, 4.69) is 40.0 Å². The molecule has 2 aliphatic heterocycles. The second kappa shape index (κ2) is 17.1. The van der Waals surface area contributed by atoms with Gasteiger partial charge in [0, 0.05) is 92.8 Å². The van der Waals surface area contributed by atoms with Gasteiger partial charge in [-0.1, -0.05) is 0 Å². The average molecular weight is 1040 g/mol. The number of rotatable bonds is 8. The maximum Gasteiger partial charge on any atom is 0.432 e. The normalized spacial score (nSPS) is 15.7. The summed E-state index contributed by atoms with van der Waals surface area (Å²) >= 11 is 12.6. The van der Waals surface area contributed by atoms with Crippen molar-refractivity contribution in [2.24, 2.45) is 0 Å². The van der Waals surface area contributed by atoms with Gasteiger partial charge in [0.05, 0.1) is 47.8 Å². The Morgan fingerprint density at radius 3 is 1.36 bits per heavy atom. The number of hydrogen-bond acceptors (Lipinski definition) is 9. The van der Waals surface area contributed by atoms with Crippen molar-refractivity contribution in [2.45, 2.75) is 24.2 Å². The summed E-state index contributed by atoms with van der Waals surface area (Å²) in [5.41, 5.74) is -3.35. The van der Waals surface area contributed by atoms with Crippen LogP contribution in [0.25, 0.3) is 43.6 Å². The molecule has 17 nitrogen and oxygen atoms in total. The SMILES string of the molecule is COC(=O)c1c(C(F)(F)F)[nH]c2c(O)cc3c(c12)[C@H](CCl)CN3C(=O)c1cc2cc(NC(=O)Nc3ccc4[nH]c(C(=O)N5C[C@@H](CCl)c6c5cc(O)c5[nH]c(C(F)(F)F)c(C(=O)OC)c65)cc4c3)ccc2[nH]1. The van der Waals surface area contributed by atoms with Gasteiger partial charge in [0.1, 0.15) is 34.3 Å². The van der Waals surface area contributed by atoms with Crippen LogP contribution in [0.3, 0.4) is 0 Å². The number of nitrogens with one attached hydrogen (secondary N) is 6. The number of urea groups is 1. The number of carbonyl (C=O) groups excluding carboxylic acids is 5. The number of aromatic nitrogens is 4. The molecule has 2 atom stereocenters. The first-order valence-corrected chi connectivity index (χ1v) is 22.5. The van der Waals surface area contributed by atoms with Gasteiger partial charge in [0.25, 0.3) is 11.8 Å². The van der Waals surface area contributed by atoms with Crippen LogP contribution in [0.5, 0.6) is 11.5 Å². The third-order valence-corrected chi connectivity index (χ3v) is 13.5. The van der Waals surface area contributed by atoms with Crippen LogP contribution in [0.4, 0.5) is 53.9 Å². The highest BCUT2D eigenvalue weighted by atomic mass is 35.5. The minimum atomic E-state index is -5.03. The average Bonchev–Trinajstić information content (AvgIpc) is 4.20. The fourth-order valence-electron chi connectivity index (χ4n) is 9.74. The molecule has 8 N–H and O–H groups in total. The van der Waals surface area contributed by atoms with E-state index in [0.717, 1.165) is 26.4 Å².